The molecule has 0 fully saturated rings. The maximum atomic E-state index is 12.4. The summed E-state index contributed by atoms with van der Waals surface area (Å²) in [7, 11) is 1.62. The van der Waals surface area contributed by atoms with E-state index in [2.05, 4.69) is 21.9 Å². The minimum absolute atomic E-state index is 0.0119. The van der Waals surface area contributed by atoms with E-state index in [1.807, 2.05) is 0 Å². The van der Waals surface area contributed by atoms with E-state index >= 15 is 0 Å². The molecule has 1 heterocycles. The van der Waals surface area contributed by atoms with Gasteiger partial charge in [0, 0.05) is 32.7 Å². The van der Waals surface area contributed by atoms with Crippen LogP contribution in [-0.4, -0.2) is 48.7 Å². The SMILES string of the molecule is CCCCCCCC(=O)N(CCCOC)CC(=O)Nc1ccon1. The Kier molecular flexibility index (Phi) is 10.5. The Bertz CT molecular complexity index is 462. The van der Waals surface area contributed by atoms with Gasteiger partial charge < -0.3 is 19.5 Å². The molecule has 0 saturated carbocycles. The van der Waals surface area contributed by atoms with Gasteiger partial charge in [-0.3, -0.25) is 9.59 Å². The van der Waals surface area contributed by atoms with Crippen LogP contribution in [0.15, 0.2) is 16.9 Å². The van der Waals surface area contributed by atoms with Gasteiger partial charge in [0.2, 0.25) is 11.8 Å². The lowest BCUT2D eigenvalue weighted by Crippen LogP contribution is -2.39. The Morgan fingerprint density at radius 2 is 2.04 bits per heavy atom. The summed E-state index contributed by atoms with van der Waals surface area (Å²) in [5.74, 6) is 0.0856. The number of methoxy groups -OCH3 is 1. The van der Waals surface area contributed by atoms with Crippen molar-refractivity contribution in [3.05, 3.63) is 12.3 Å². The maximum absolute atomic E-state index is 12.4. The molecule has 136 valence electrons. The lowest BCUT2D eigenvalue weighted by atomic mass is 10.1. The first-order chi connectivity index (χ1) is 11.7. The highest BCUT2D eigenvalue weighted by Crippen LogP contribution is 2.08. The zero-order valence-electron chi connectivity index (χ0n) is 14.8. The molecule has 2 amide bonds. The van der Waals surface area contributed by atoms with Gasteiger partial charge in [-0.2, -0.15) is 0 Å². The van der Waals surface area contributed by atoms with Crippen LogP contribution in [0.25, 0.3) is 0 Å². The van der Waals surface area contributed by atoms with E-state index in [4.69, 9.17) is 4.74 Å². The van der Waals surface area contributed by atoms with Crippen LogP contribution < -0.4 is 5.32 Å². The molecular weight excluding hydrogens is 310 g/mol. The van der Waals surface area contributed by atoms with Crippen molar-refractivity contribution in [3.63, 3.8) is 0 Å². The molecule has 0 aliphatic rings. The molecule has 0 aromatic carbocycles. The standard InChI is InChI=1S/C17H29N3O4/c1-3-4-5-6-7-9-17(22)20(11-8-12-23-2)14-16(21)18-15-10-13-24-19-15/h10,13H,3-9,11-12,14H2,1-2H3,(H,18,19,21). The second kappa shape index (κ2) is 12.5. The number of ether oxygens (including phenoxy) is 1. The van der Waals surface area contributed by atoms with Gasteiger partial charge in [-0.1, -0.05) is 37.8 Å². The van der Waals surface area contributed by atoms with Crippen LogP contribution in [0.1, 0.15) is 51.9 Å². The van der Waals surface area contributed by atoms with Crippen molar-refractivity contribution in [2.24, 2.45) is 0 Å². The first-order valence-corrected chi connectivity index (χ1v) is 8.64. The normalized spacial score (nSPS) is 10.6. The smallest absolute Gasteiger partial charge is 0.245 e. The number of aromatic nitrogens is 1. The molecule has 1 aromatic rings. The first kappa shape index (κ1) is 20.2. The highest BCUT2D eigenvalue weighted by molar-refractivity contribution is 5.93. The number of amides is 2. The monoisotopic (exact) mass is 339 g/mol. The lowest BCUT2D eigenvalue weighted by molar-refractivity contribution is -0.135. The number of nitrogens with one attached hydrogen (secondary N) is 1. The highest BCUT2D eigenvalue weighted by atomic mass is 16.5. The summed E-state index contributed by atoms with van der Waals surface area (Å²) in [6.45, 7) is 3.25. The molecule has 1 rings (SSSR count). The summed E-state index contributed by atoms with van der Waals surface area (Å²) in [6, 6.07) is 1.56. The van der Waals surface area contributed by atoms with E-state index in [0.29, 0.717) is 31.8 Å². The topological polar surface area (TPSA) is 84.7 Å². The van der Waals surface area contributed by atoms with Crippen LogP contribution in [-0.2, 0) is 14.3 Å². The lowest BCUT2D eigenvalue weighted by Gasteiger charge is -2.22. The highest BCUT2D eigenvalue weighted by Gasteiger charge is 2.17. The Balaban J connectivity index is 2.42. The summed E-state index contributed by atoms with van der Waals surface area (Å²) in [5, 5.41) is 6.24. The van der Waals surface area contributed by atoms with E-state index in [-0.39, 0.29) is 18.4 Å². The van der Waals surface area contributed by atoms with Crippen LogP contribution in [0.2, 0.25) is 0 Å². The van der Waals surface area contributed by atoms with E-state index in [0.717, 1.165) is 19.3 Å². The predicted octanol–water partition coefficient (Wildman–Crippen LogP) is 2.84. The second-order valence-corrected chi connectivity index (χ2v) is 5.76. The summed E-state index contributed by atoms with van der Waals surface area (Å²) in [5.41, 5.74) is 0. The number of carbonyl (C=O) groups is 2. The minimum atomic E-state index is -0.277. The first-order valence-electron chi connectivity index (χ1n) is 8.64. The molecule has 0 radical (unpaired) electrons. The van der Waals surface area contributed by atoms with Gasteiger partial charge >= 0.3 is 0 Å². The van der Waals surface area contributed by atoms with Crippen molar-refractivity contribution in [3.8, 4) is 0 Å². The fourth-order valence-corrected chi connectivity index (χ4v) is 2.36. The Hall–Kier alpha value is -1.89. The Morgan fingerprint density at radius 1 is 1.25 bits per heavy atom. The molecule has 0 saturated heterocycles. The van der Waals surface area contributed by atoms with Gasteiger partial charge in [-0.25, -0.2) is 0 Å². The average molecular weight is 339 g/mol. The van der Waals surface area contributed by atoms with Gasteiger partial charge in [0.05, 0.1) is 6.54 Å². The van der Waals surface area contributed by atoms with E-state index in [1.165, 1.54) is 19.1 Å². The maximum Gasteiger partial charge on any atom is 0.245 e. The van der Waals surface area contributed by atoms with Crippen molar-refractivity contribution in [1.29, 1.82) is 0 Å². The van der Waals surface area contributed by atoms with Crippen LogP contribution in [0.5, 0.6) is 0 Å². The largest absolute Gasteiger partial charge is 0.385 e. The van der Waals surface area contributed by atoms with Crippen molar-refractivity contribution in [1.82, 2.24) is 10.1 Å². The summed E-state index contributed by atoms with van der Waals surface area (Å²) in [6.07, 6.45) is 8.02. The van der Waals surface area contributed by atoms with E-state index < -0.39 is 0 Å². The second-order valence-electron chi connectivity index (χ2n) is 5.76. The van der Waals surface area contributed by atoms with Crippen LogP contribution in [0, 0.1) is 0 Å². The molecule has 0 spiro atoms. The van der Waals surface area contributed by atoms with Crippen molar-refractivity contribution >= 4 is 17.6 Å². The number of hydrogen-bond donors (Lipinski definition) is 1. The number of hydrogen-bond acceptors (Lipinski definition) is 5. The summed E-state index contributed by atoms with van der Waals surface area (Å²) < 4.78 is 9.70. The van der Waals surface area contributed by atoms with E-state index in [9.17, 15) is 9.59 Å². The molecule has 1 aromatic heterocycles. The van der Waals surface area contributed by atoms with Crippen molar-refractivity contribution in [2.75, 3.05) is 32.1 Å². The molecule has 0 atom stereocenters. The molecule has 7 nitrogen and oxygen atoms in total. The Morgan fingerprint density at radius 3 is 2.71 bits per heavy atom. The number of nitrogens with zero attached hydrogens (tertiary/aromatic N) is 2. The average Bonchev–Trinajstić information content (AvgIpc) is 3.06. The molecule has 0 aliphatic carbocycles. The molecule has 24 heavy (non-hydrogen) atoms. The van der Waals surface area contributed by atoms with Crippen LogP contribution >= 0.6 is 0 Å². The van der Waals surface area contributed by atoms with E-state index in [1.54, 1.807) is 18.1 Å². The fraction of sp³-hybridized carbons (Fsp3) is 0.706. The number of anilines is 1. The third-order valence-electron chi connectivity index (χ3n) is 3.66. The molecule has 1 N–H and O–H groups in total. The minimum Gasteiger partial charge on any atom is -0.385 e. The van der Waals surface area contributed by atoms with Crippen LogP contribution in [0.3, 0.4) is 0 Å². The quantitative estimate of drug-likeness (QED) is 0.559. The Labute approximate surface area is 143 Å². The van der Waals surface area contributed by atoms with Gasteiger partial charge in [0.15, 0.2) is 5.82 Å². The van der Waals surface area contributed by atoms with Crippen LogP contribution in [0.4, 0.5) is 5.82 Å². The molecular formula is C17H29N3O4. The summed E-state index contributed by atoms with van der Waals surface area (Å²) in [4.78, 5) is 26.0. The predicted molar refractivity (Wildman–Crippen MR) is 91.6 cm³/mol. The summed E-state index contributed by atoms with van der Waals surface area (Å²) >= 11 is 0. The van der Waals surface area contributed by atoms with Gasteiger partial charge in [-0.05, 0) is 12.8 Å². The van der Waals surface area contributed by atoms with Crippen molar-refractivity contribution in [2.45, 2.75) is 51.9 Å². The molecule has 0 aliphatic heterocycles. The zero-order chi connectivity index (χ0) is 17.6. The third-order valence-corrected chi connectivity index (χ3v) is 3.66. The zero-order valence-corrected chi connectivity index (χ0v) is 14.8. The molecule has 0 unspecified atom stereocenters. The van der Waals surface area contributed by atoms with Gasteiger partial charge in [0.25, 0.3) is 0 Å². The van der Waals surface area contributed by atoms with Gasteiger partial charge in [-0.15, -0.1) is 0 Å². The fourth-order valence-electron chi connectivity index (χ4n) is 2.36. The van der Waals surface area contributed by atoms with Gasteiger partial charge in [0.1, 0.15) is 6.26 Å². The molecule has 7 heteroatoms. The number of rotatable bonds is 13. The number of carbonyl (C=O) groups excluding carboxylic acids is 2. The van der Waals surface area contributed by atoms with Crippen molar-refractivity contribution < 1.29 is 18.8 Å². The molecule has 0 bridgehead atoms. The number of unbranched alkanes of at least 4 members (excludes halogenated alkanes) is 4. The third kappa shape index (κ3) is 8.67.